The molecule has 0 amide bonds. The van der Waals surface area contributed by atoms with E-state index in [1.165, 1.54) is 0 Å². The number of aliphatic hydroxyl groups excluding tert-OH is 1. The molecule has 0 fully saturated rings. The fourth-order valence-corrected chi connectivity index (χ4v) is 1.63. The summed E-state index contributed by atoms with van der Waals surface area (Å²) in [7, 11) is 1.54. The Morgan fingerprint density at radius 2 is 2.23 bits per heavy atom. The van der Waals surface area contributed by atoms with Gasteiger partial charge in [0.1, 0.15) is 0 Å². The molecule has 1 aliphatic carbocycles. The van der Waals surface area contributed by atoms with Crippen molar-refractivity contribution >= 4 is 5.97 Å². The summed E-state index contributed by atoms with van der Waals surface area (Å²) in [5, 5.41) is 18.0. The number of rotatable bonds is 4. The molecule has 1 aliphatic rings. The van der Waals surface area contributed by atoms with Crippen LogP contribution in [0.25, 0.3) is 0 Å². The van der Waals surface area contributed by atoms with E-state index in [0.29, 0.717) is 6.61 Å². The summed E-state index contributed by atoms with van der Waals surface area (Å²) in [4.78, 5) is 10.5. The van der Waals surface area contributed by atoms with Crippen LogP contribution in [0.3, 0.4) is 0 Å². The van der Waals surface area contributed by atoms with E-state index in [-0.39, 0.29) is 18.3 Å². The van der Waals surface area contributed by atoms with Gasteiger partial charge in [0.25, 0.3) is 0 Å². The fourth-order valence-electron chi connectivity index (χ4n) is 1.63. The zero-order chi connectivity index (χ0) is 9.84. The molecule has 74 valence electrons. The van der Waals surface area contributed by atoms with E-state index >= 15 is 0 Å². The summed E-state index contributed by atoms with van der Waals surface area (Å²) < 4.78 is 4.92. The maximum absolute atomic E-state index is 10.5. The summed E-state index contributed by atoms with van der Waals surface area (Å²) in [6.45, 7) is 0.395. The minimum absolute atomic E-state index is 0.0571. The van der Waals surface area contributed by atoms with Crippen molar-refractivity contribution in [3.63, 3.8) is 0 Å². The standard InChI is InChI=1S/C9H14O4/c1-13-5-7-6(4-9(11)12)2-3-8(7)10/h2-3,6-8,10H,4-5H2,1H3,(H,11,12). The van der Waals surface area contributed by atoms with Crippen LogP contribution in [-0.4, -0.2) is 36.0 Å². The predicted molar refractivity (Wildman–Crippen MR) is 46.3 cm³/mol. The number of methoxy groups -OCH3 is 1. The fraction of sp³-hybridized carbons (Fsp3) is 0.667. The van der Waals surface area contributed by atoms with Gasteiger partial charge in [-0.3, -0.25) is 4.79 Å². The van der Waals surface area contributed by atoms with Crippen molar-refractivity contribution in [3.05, 3.63) is 12.2 Å². The lowest BCUT2D eigenvalue weighted by molar-refractivity contribution is -0.138. The number of hydrogen-bond acceptors (Lipinski definition) is 3. The molecule has 3 unspecified atom stereocenters. The first-order valence-corrected chi connectivity index (χ1v) is 4.22. The van der Waals surface area contributed by atoms with Crippen molar-refractivity contribution in [1.29, 1.82) is 0 Å². The van der Waals surface area contributed by atoms with Gasteiger partial charge in [0.05, 0.1) is 19.1 Å². The van der Waals surface area contributed by atoms with Crippen LogP contribution in [0.4, 0.5) is 0 Å². The third-order valence-electron chi connectivity index (χ3n) is 2.31. The van der Waals surface area contributed by atoms with Crippen LogP contribution in [-0.2, 0) is 9.53 Å². The van der Waals surface area contributed by atoms with Crippen LogP contribution in [0.15, 0.2) is 12.2 Å². The van der Waals surface area contributed by atoms with E-state index in [1.54, 1.807) is 19.3 Å². The molecule has 0 heterocycles. The summed E-state index contributed by atoms with van der Waals surface area (Å²) in [6.07, 6.45) is 2.88. The van der Waals surface area contributed by atoms with Gasteiger partial charge in [-0.05, 0) is 5.92 Å². The second kappa shape index (κ2) is 4.39. The lowest BCUT2D eigenvalue weighted by Crippen LogP contribution is -2.26. The molecular weight excluding hydrogens is 172 g/mol. The number of allylic oxidation sites excluding steroid dienone is 1. The molecule has 4 heteroatoms. The second-order valence-electron chi connectivity index (χ2n) is 3.26. The molecule has 0 aromatic carbocycles. The maximum atomic E-state index is 10.5. The molecule has 4 nitrogen and oxygen atoms in total. The van der Waals surface area contributed by atoms with E-state index in [9.17, 15) is 9.90 Å². The average molecular weight is 186 g/mol. The van der Waals surface area contributed by atoms with Crippen molar-refractivity contribution in [2.45, 2.75) is 12.5 Å². The molecule has 1 rings (SSSR count). The second-order valence-corrected chi connectivity index (χ2v) is 3.26. The molecular formula is C9H14O4. The first-order valence-electron chi connectivity index (χ1n) is 4.22. The molecule has 0 aromatic rings. The first kappa shape index (κ1) is 10.2. The zero-order valence-corrected chi connectivity index (χ0v) is 7.51. The van der Waals surface area contributed by atoms with Crippen molar-refractivity contribution in [2.75, 3.05) is 13.7 Å². The minimum Gasteiger partial charge on any atom is -0.481 e. The quantitative estimate of drug-likeness (QED) is 0.618. The smallest absolute Gasteiger partial charge is 0.303 e. The van der Waals surface area contributed by atoms with Crippen LogP contribution in [0.2, 0.25) is 0 Å². The van der Waals surface area contributed by atoms with Gasteiger partial charge in [-0.25, -0.2) is 0 Å². The van der Waals surface area contributed by atoms with Gasteiger partial charge >= 0.3 is 5.97 Å². The molecule has 13 heavy (non-hydrogen) atoms. The topological polar surface area (TPSA) is 66.8 Å². The number of aliphatic carboxylic acids is 1. The normalized spacial score (nSPS) is 32.3. The average Bonchev–Trinajstić information content (AvgIpc) is 2.35. The largest absolute Gasteiger partial charge is 0.481 e. The highest BCUT2D eigenvalue weighted by atomic mass is 16.5. The summed E-state index contributed by atoms with van der Waals surface area (Å²) in [5.41, 5.74) is 0. The number of carbonyl (C=O) groups is 1. The first-order chi connectivity index (χ1) is 6.15. The molecule has 0 spiro atoms. The Morgan fingerprint density at radius 1 is 1.54 bits per heavy atom. The van der Waals surface area contributed by atoms with Gasteiger partial charge in [0, 0.05) is 13.0 Å². The summed E-state index contributed by atoms with van der Waals surface area (Å²) >= 11 is 0. The Hall–Kier alpha value is -0.870. The Bertz CT molecular complexity index is 212. The van der Waals surface area contributed by atoms with Gasteiger partial charge < -0.3 is 14.9 Å². The number of aliphatic hydroxyl groups is 1. The van der Waals surface area contributed by atoms with E-state index in [1.807, 2.05) is 0 Å². The molecule has 0 saturated carbocycles. The van der Waals surface area contributed by atoms with Crippen molar-refractivity contribution < 1.29 is 19.7 Å². The van der Waals surface area contributed by atoms with Gasteiger partial charge in [-0.15, -0.1) is 0 Å². The van der Waals surface area contributed by atoms with Crippen molar-refractivity contribution in [1.82, 2.24) is 0 Å². The monoisotopic (exact) mass is 186 g/mol. The maximum Gasteiger partial charge on any atom is 0.303 e. The predicted octanol–water partition coefficient (Wildman–Crippen LogP) is 0.271. The third kappa shape index (κ3) is 2.54. The Balaban J connectivity index is 2.52. The molecule has 0 bridgehead atoms. The molecule has 2 N–H and O–H groups in total. The highest BCUT2D eigenvalue weighted by molar-refractivity contribution is 5.67. The number of carboxylic acids is 1. The van der Waals surface area contributed by atoms with Crippen molar-refractivity contribution in [2.24, 2.45) is 11.8 Å². The molecule has 0 aliphatic heterocycles. The highest BCUT2D eigenvalue weighted by Crippen LogP contribution is 2.28. The SMILES string of the molecule is COCC1C(O)C=CC1CC(=O)O. The van der Waals surface area contributed by atoms with Crippen LogP contribution in [0.5, 0.6) is 0 Å². The van der Waals surface area contributed by atoms with E-state index in [2.05, 4.69) is 0 Å². The third-order valence-corrected chi connectivity index (χ3v) is 2.31. The van der Waals surface area contributed by atoms with E-state index in [4.69, 9.17) is 9.84 Å². The van der Waals surface area contributed by atoms with Gasteiger partial charge in [-0.1, -0.05) is 12.2 Å². The Morgan fingerprint density at radius 3 is 2.77 bits per heavy atom. The van der Waals surface area contributed by atoms with Crippen LogP contribution < -0.4 is 0 Å². The zero-order valence-electron chi connectivity index (χ0n) is 7.51. The van der Waals surface area contributed by atoms with Crippen LogP contribution in [0.1, 0.15) is 6.42 Å². The molecule has 0 aromatic heterocycles. The lowest BCUT2D eigenvalue weighted by atomic mass is 9.92. The summed E-state index contributed by atoms with van der Waals surface area (Å²) in [5.74, 6) is -1.06. The number of ether oxygens (including phenoxy) is 1. The number of hydrogen-bond donors (Lipinski definition) is 2. The van der Waals surface area contributed by atoms with Gasteiger partial charge in [0.2, 0.25) is 0 Å². The number of carboxylic acid groups (broad SMARTS) is 1. The lowest BCUT2D eigenvalue weighted by Gasteiger charge is -2.19. The summed E-state index contributed by atoms with van der Waals surface area (Å²) in [6, 6.07) is 0. The van der Waals surface area contributed by atoms with E-state index in [0.717, 1.165) is 0 Å². The van der Waals surface area contributed by atoms with Crippen LogP contribution >= 0.6 is 0 Å². The molecule has 0 radical (unpaired) electrons. The highest BCUT2D eigenvalue weighted by Gasteiger charge is 2.31. The minimum atomic E-state index is -0.843. The molecule has 0 saturated heterocycles. The van der Waals surface area contributed by atoms with Gasteiger partial charge in [0.15, 0.2) is 0 Å². The molecule has 3 atom stereocenters. The Kier molecular flexibility index (Phi) is 3.45. The van der Waals surface area contributed by atoms with Gasteiger partial charge in [-0.2, -0.15) is 0 Å². The van der Waals surface area contributed by atoms with E-state index < -0.39 is 12.1 Å². The van der Waals surface area contributed by atoms with Crippen LogP contribution in [0, 0.1) is 11.8 Å². The van der Waals surface area contributed by atoms with Crippen molar-refractivity contribution in [3.8, 4) is 0 Å². The Labute approximate surface area is 76.8 Å².